The fourth-order valence-corrected chi connectivity index (χ4v) is 6.72. The standard InChI is InChI=1S/C34H35N3O3S/c1-3-40-33(39)25-37-23-27(22-35-37)21-28-24-36(20-19-32(28)41-26(2)38)34(29-13-7-4-8-14-29,30-15-9-5-10-16-30)31-17-11-6-12-18-31/h4-18,21-23,32H,3,19-20,24-25H2,1-2H3/b28-21+. The van der Waals surface area contributed by atoms with Crippen molar-refractivity contribution in [2.75, 3.05) is 19.7 Å². The maximum Gasteiger partial charge on any atom is 0.327 e. The van der Waals surface area contributed by atoms with E-state index in [0.717, 1.165) is 24.1 Å². The third-order valence-corrected chi connectivity index (χ3v) is 8.56. The number of benzene rings is 3. The Morgan fingerprint density at radius 2 is 1.51 bits per heavy atom. The molecule has 4 aromatic rings. The molecule has 1 unspecified atom stereocenters. The van der Waals surface area contributed by atoms with Gasteiger partial charge in [0.2, 0.25) is 0 Å². The molecule has 0 saturated carbocycles. The molecular formula is C34H35N3O3S. The van der Waals surface area contributed by atoms with Gasteiger partial charge in [-0.1, -0.05) is 109 Å². The summed E-state index contributed by atoms with van der Waals surface area (Å²) in [7, 11) is 0. The number of aromatic nitrogens is 2. The first-order chi connectivity index (χ1) is 20.0. The van der Waals surface area contributed by atoms with Gasteiger partial charge in [0.15, 0.2) is 5.12 Å². The molecule has 0 spiro atoms. The number of carbonyl (C=O) groups is 2. The molecule has 41 heavy (non-hydrogen) atoms. The van der Waals surface area contributed by atoms with E-state index in [-0.39, 0.29) is 22.9 Å². The second-order valence-corrected chi connectivity index (χ2v) is 11.5. The molecule has 2 heterocycles. The lowest BCUT2D eigenvalue weighted by Gasteiger charge is -2.49. The fourth-order valence-electron chi connectivity index (χ4n) is 5.80. The Kier molecular flexibility index (Phi) is 9.17. The summed E-state index contributed by atoms with van der Waals surface area (Å²) in [5, 5.41) is 4.54. The minimum atomic E-state index is -0.539. The predicted octanol–water partition coefficient (Wildman–Crippen LogP) is 6.18. The molecule has 0 aliphatic carbocycles. The number of hydrogen-bond acceptors (Lipinski definition) is 6. The van der Waals surface area contributed by atoms with E-state index >= 15 is 0 Å². The summed E-state index contributed by atoms with van der Waals surface area (Å²) in [6.07, 6.45) is 6.57. The summed E-state index contributed by atoms with van der Waals surface area (Å²) in [5.41, 5.74) is 5.08. The highest BCUT2D eigenvalue weighted by Crippen LogP contribution is 2.45. The number of hydrogen-bond donors (Lipinski definition) is 0. The van der Waals surface area contributed by atoms with Crippen molar-refractivity contribution in [1.82, 2.24) is 14.7 Å². The van der Waals surface area contributed by atoms with Crippen molar-refractivity contribution in [3.05, 3.63) is 131 Å². The Morgan fingerprint density at radius 1 is 0.951 bits per heavy atom. The van der Waals surface area contributed by atoms with Gasteiger partial charge in [-0.3, -0.25) is 19.2 Å². The number of carbonyl (C=O) groups excluding carboxylic acids is 2. The minimum absolute atomic E-state index is 0.0529. The van der Waals surface area contributed by atoms with Crippen molar-refractivity contribution >= 4 is 28.9 Å². The zero-order valence-corrected chi connectivity index (χ0v) is 24.3. The van der Waals surface area contributed by atoms with Gasteiger partial charge in [-0.05, 0) is 35.6 Å². The zero-order valence-electron chi connectivity index (χ0n) is 23.5. The van der Waals surface area contributed by atoms with Crippen LogP contribution in [-0.2, 0) is 26.4 Å². The molecule has 0 bridgehead atoms. The predicted molar refractivity (Wildman–Crippen MR) is 164 cm³/mol. The van der Waals surface area contributed by atoms with Crippen LogP contribution in [0.2, 0.25) is 0 Å². The van der Waals surface area contributed by atoms with Gasteiger partial charge in [0.25, 0.3) is 0 Å². The van der Waals surface area contributed by atoms with Crippen LogP contribution < -0.4 is 0 Å². The summed E-state index contributed by atoms with van der Waals surface area (Å²) >= 11 is 1.39. The van der Waals surface area contributed by atoms with Crippen molar-refractivity contribution in [3.63, 3.8) is 0 Å². The number of thioether (sulfide) groups is 1. The Morgan fingerprint density at radius 3 is 2.02 bits per heavy atom. The zero-order chi connectivity index (χ0) is 28.7. The van der Waals surface area contributed by atoms with Gasteiger partial charge in [-0.15, -0.1) is 0 Å². The van der Waals surface area contributed by atoms with Crippen LogP contribution in [0.15, 0.2) is 109 Å². The molecular weight excluding hydrogens is 530 g/mol. The molecule has 1 aliphatic heterocycles. The van der Waals surface area contributed by atoms with Crippen molar-refractivity contribution in [2.45, 2.75) is 37.6 Å². The van der Waals surface area contributed by atoms with E-state index in [1.165, 1.54) is 28.5 Å². The normalized spacial score (nSPS) is 16.9. The van der Waals surface area contributed by atoms with E-state index < -0.39 is 5.54 Å². The van der Waals surface area contributed by atoms with E-state index in [2.05, 4.69) is 107 Å². The summed E-state index contributed by atoms with van der Waals surface area (Å²) < 4.78 is 6.68. The third kappa shape index (κ3) is 6.37. The smallest absolute Gasteiger partial charge is 0.327 e. The highest BCUT2D eigenvalue weighted by molar-refractivity contribution is 8.14. The van der Waals surface area contributed by atoms with E-state index in [9.17, 15) is 9.59 Å². The Hall–Kier alpha value is -3.94. The molecule has 1 saturated heterocycles. The molecule has 1 aliphatic rings. The first kappa shape index (κ1) is 28.6. The Bertz CT molecular complexity index is 1390. The summed E-state index contributed by atoms with van der Waals surface area (Å²) in [5.74, 6) is -0.318. The average Bonchev–Trinajstić information content (AvgIpc) is 3.42. The van der Waals surface area contributed by atoms with Gasteiger partial charge in [0, 0.05) is 37.0 Å². The molecule has 5 rings (SSSR count). The van der Waals surface area contributed by atoms with Crippen LogP contribution in [0, 0.1) is 0 Å². The van der Waals surface area contributed by atoms with Crippen molar-refractivity contribution in [2.24, 2.45) is 0 Å². The molecule has 1 fully saturated rings. The summed E-state index contributed by atoms with van der Waals surface area (Å²) in [6.45, 7) is 5.29. The molecule has 0 N–H and O–H groups in total. The first-order valence-electron chi connectivity index (χ1n) is 14.0. The third-order valence-electron chi connectivity index (χ3n) is 7.41. The largest absolute Gasteiger partial charge is 0.465 e. The number of rotatable bonds is 9. The van der Waals surface area contributed by atoms with E-state index in [1.807, 2.05) is 6.20 Å². The quantitative estimate of drug-likeness (QED) is 0.179. The Labute approximate surface area is 246 Å². The van der Waals surface area contributed by atoms with Crippen molar-refractivity contribution in [1.29, 1.82) is 0 Å². The van der Waals surface area contributed by atoms with Crippen LogP contribution >= 0.6 is 11.8 Å². The van der Waals surface area contributed by atoms with Crippen LogP contribution in [-0.4, -0.2) is 50.7 Å². The van der Waals surface area contributed by atoms with E-state index in [0.29, 0.717) is 13.2 Å². The summed E-state index contributed by atoms with van der Waals surface area (Å²) in [4.78, 5) is 26.8. The number of piperidine rings is 1. The average molecular weight is 566 g/mol. The van der Waals surface area contributed by atoms with Gasteiger partial charge >= 0.3 is 5.97 Å². The van der Waals surface area contributed by atoms with Gasteiger partial charge in [-0.25, -0.2) is 0 Å². The van der Waals surface area contributed by atoms with Crippen LogP contribution in [0.5, 0.6) is 0 Å². The minimum Gasteiger partial charge on any atom is -0.465 e. The van der Waals surface area contributed by atoms with E-state index in [1.54, 1.807) is 24.7 Å². The molecule has 7 heteroatoms. The topological polar surface area (TPSA) is 64.4 Å². The second kappa shape index (κ2) is 13.1. The molecule has 0 amide bonds. The van der Waals surface area contributed by atoms with Crippen molar-refractivity contribution in [3.8, 4) is 0 Å². The number of ether oxygens (including phenoxy) is 1. The lowest BCUT2D eigenvalue weighted by Crippen LogP contribution is -2.52. The Balaban J connectivity index is 1.60. The van der Waals surface area contributed by atoms with Gasteiger partial charge in [0.1, 0.15) is 6.54 Å². The van der Waals surface area contributed by atoms with Gasteiger partial charge in [-0.2, -0.15) is 5.10 Å². The number of likely N-dealkylation sites (tertiary alicyclic amines) is 1. The van der Waals surface area contributed by atoms with Crippen molar-refractivity contribution < 1.29 is 14.3 Å². The molecule has 1 atom stereocenters. The van der Waals surface area contributed by atoms with Gasteiger partial charge < -0.3 is 4.74 Å². The molecule has 0 radical (unpaired) electrons. The van der Waals surface area contributed by atoms with E-state index in [4.69, 9.17) is 4.74 Å². The maximum atomic E-state index is 12.3. The molecule has 6 nitrogen and oxygen atoms in total. The monoisotopic (exact) mass is 565 g/mol. The lowest BCUT2D eigenvalue weighted by atomic mass is 9.74. The molecule has 1 aromatic heterocycles. The van der Waals surface area contributed by atoms with Crippen LogP contribution in [0.4, 0.5) is 0 Å². The molecule has 210 valence electrons. The highest BCUT2D eigenvalue weighted by Gasteiger charge is 2.44. The number of nitrogens with zero attached hydrogens (tertiary/aromatic N) is 3. The van der Waals surface area contributed by atoms with Crippen LogP contribution in [0.1, 0.15) is 42.5 Å². The first-order valence-corrected chi connectivity index (χ1v) is 14.9. The summed E-state index contributed by atoms with van der Waals surface area (Å²) in [6, 6.07) is 32.0. The van der Waals surface area contributed by atoms with Gasteiger partial charge in [0.05, 0.1) is 18.3 Å². The van der Waals surface area contributed by atoms with Crippen LogP contribution in [0.3, 0.4) is 0 Å². The SMILES string of the molecule is CCOC(=O)Cn1cc(/C=C2\CN(C(c3ccccc3)(c3ccccc3)c3ccccc3)CCC2SC(C)=O)cn1. The maximum absolute atomic E-state index is 12.3. The fraction of sp³-hybridized carbons (Fsp3) is 0.265. The lowest BCUT2D eigenvalue weighted by molar-refractivity contribution is -0.144. The number of esters is 1. The highest BCUT2D eigenvalue weighted by atomic mass is 32.2. The molecule has 3 aromatic carbocycles. The second-order valence-electron chi connectivity index (χ2n) is 10.1. The van der Waals surface area contributed by atoms with Crippen LogP contribution in [0.25, 0.3) is 6.08 Å².